The highest BCUT2D eigenvalue weighted by Crippen LogP contribution is 2.42. The van der Waals surface area contributed by atoms with Gasteiger partial charge in [-0.05, 0) is 80.7 Å². The van der Waals surface area contributed by atoms with Crippen LogP contribution in [0.25, 0.3) is 11.1 Å². The molecule has 0 radical (unpaired) electrons. The minimum atomic E-state index is -0.232. The van der Waals surface area contributed by atoms with Crippen LogP contribution in [0.4, 0.5) is 10.1 Å². The lowest BCUT2D eigenvalue weighted by Gasteiger charge is -2.40. The van der Waals surface area contributed by atoms with Gasteiger partial charge in [-0.3, -0.25) is 9.78 Å². The third kappa shape index (κ3) is 8.25. The van der Waals surface area contributed by atoms with Crippen molar-refractivity contribution in [2.24, 2.45) is 5.41 Å². The zero-order chi connectivity index (χ0) is 29.6. The predicted molar refractivity (Wildman–Crippen MR) is 167 cm³/mol. The van der Waals surface area contributed by atoms with Gasteiger partial charge < -0.3 is 14.4 Å². The molecule has 3 aromatic rings. The number of hydrogen-bond acceptors (Lipinski definition) is 6. The number of hydrogen-bond donors (Lipinski definition) is 0. The topological polar surface area (TPSA) is 51.7 Å². The summed E-state index contributed by atoms with van der Waals surface area (Å²) >= 11 is 1.75. The Morgan fingerprint density at radius 1 is 1.07 bits per heavy atom. The SMILES string of the molecule is CSCc1nc(C)c(CC(=O)OC(C)C)c(N2CCC(C)(C)CC2)c1-c1ccc(OCCc2ccc(F)cc2)cc1. The molecule has 2 heterocycles. The molecule has 0 N–H and O–H groups in total. The fourth-order valence-corrected chi connectivity index (χ4v) is 5.81. The van der Waals surface area contributed by atoms with Crippen molar-refractivity contribution in [2.45, 2.75) is 72.2 Å². The van der Waals surface area contributed by atoms with Gasteiger partial charge >= 0.3 is 5.97 Å². The van der Waals surface area contributed by atoms with Crippen LogP contribution >= 0.6 is 11.8 Å². The monoisotopic (exact) mass is 578 g/mol. The minimum Gasteiger partial charge on any atom is -0.493 e. The van der Waals surface area contributed by atoms with Crippen molar-refractivity contribution in [1.82, 2.24) is 4.98 Å². The summed E-state index contributed by atoms with van der Waals surface area (Å²) in [5, 5.41) is 0. The van der Waals surface area contributed by atoms with E-state index in [2.05, 4.69) is 37.1 Å². The van der Waals surface area contributed by atoms with Gasteiger partial charge in [0, 0.05) is 42.1 Å². The molecule has 0 atom stereocenters. The van der Waals surface area contributed by atoms with E-state index in [0.29, 0.717) is 18.4 Å². The van der Waals surface area contributed by atoms with Gasteiger partial charge in [-0.2, -0.15) is 11.8 Å². The maximum absolute atomic E-state index is 13.2. The maximum atomic E-state index is 13.2. The van der Waals surface area contributed by atoms with E-state index in [1.807, 2.05) is 32.9 Å². The minimum absolute atomic E-state index is 0.166. The molecule has 7 heteroatoms. The number of aryl methyl sites for hydroxylation is 1. The van der Waals surface area contributed by atoms with Gasteiger partial charge in [0.25, 0.3) is 0 Å². The first-order valence-electron chi connectivity index (χ1n) is 14.5. The fraction of sp³-hybridized carbons (Fsp3) is 0.471. The molecule has 41 heavy (non-hydrogen) atoms. The maximum Gasteiger partial charge on any atom is 0.310 e. The first-order chi connectivity index (χ1) is 19.6. The molecule has 1 aliphatic heterocycles. The van der Waals surface area contributed by atoms with Crippen LogP contribution in [0.15, 0.2) is 48.5 Å². The molecule has 0 amide bonds. The molecule has 220 valence electrons. The molecule has 0 spiro atoms. The van der Waals surface area contributed by atoms with E-state index in [4.69, 9.17) is 14.5 Å². The van der Waals surface area contributed by atoms with Crippen molar-refractivity contribution >= 4 is 23.4 Å². The first-order valence-corrected chi connectivity index (χ1v) is 15.9. The number of nitrogens with zero attached hydrogens (tertiary/aromatic N) is 2. The van der Waals surface area contributed by atoms with Gasteiger partial charge in [0.15, 0.2) is 0 Å². The smallest absolute Gasteiger partial charge is 0.310 e. The van der Waals surface area contributed by atoms with E-state index < -0.39 is 0 Å². The Bertz CT molecular complexity index is 1310. The fourth-order valence-electron chi connectivity index (χ4n) is 5.33. The summed E-state index contributed by atoms with van der Waals surface area (Å²) in [6.45, 7) is 12.8. The Morgan fingerprint density at radius 3 is 2.34 bits per heavy atom. The number of ether oxygens (including phenoxy) is 2. The van der Waals surface area contributed by atoms with E-state index >= 15 is 0 Å². The number of rotatable bonds is 11. The normalized spacial score (nSPS) is 14.8. The standard InChI is InChI=1S/C34H43FN2O3S/c1-23(2)40-31(38)21-29-24(3)36-30(22-41-6)32(33(29)37-18-16-34(4,5)17-19-37)26-9-13-28(14-10-26)39-20-15-25-7-11-27(35)12-8-25/h7-14,23H,15-22H2,1-6H3. The van der Waals surface area contributed by atoms with Crippen molar-refractivity contribution in [1.29, 1.82) is 0 Å². The van der Waals surface area contributed by atoms with Crippen LogP contribution in [0.2, 0.25) is 0 Å². The Labute approximate surface area is 248 Å². The lowest BCUT2D eigenvalue weighted by molar-refractivity contribution is -0.146. The Hall–Kier alpha value is -3.06. The van der Waals surface area contributed by atoms with Crippen LogP contribution in [0.1, 0.15) is 63.1 Å². The number of carbonyl (C=O) groups is 1. The summed E-state index contributed by atoms with van der Waals surface area (Å²) < 4.78 is 24.8. The summed E-state index contributed by atoms with van der Waals surface area (Å²) in [6, 6.07) is 14.7. The second-order valence-electron chi connectivity index (χ2n) is 11.9. The number of carbonyl (C=O) groups excluding carboxylic acids is 1. The van der Waals surface area contributed by atoms with Crippen molar-refractivity contribution in [3.63, 3.8) is 0 Å². The molecule has 2 aromatic carbocycles. The summed E-state index contributed by atoms with van der Waals surface area (Å²) in [5.41, 5.74) is 7.47. The number of esters is 1. The van der Waals surface area contributed by atoms with E-state index in [1.165, 1.54) is 12.1 Å². The zero-order valence-electron chi connectivity index (χ0n) is 25.3. The van der Waals surface area contributed by atoms with Gasteiger partial charge in [-0.25, -0.2) is 4.39 Å². The number of piperidine rings is 1. The molecule has 0 aliphatic carbocycles. The molecule has 1 saturated heterocycles. The number of benzene rings is 2. The molecule has 1 aromatic heterocycles. The molecular formula is C34H43FN2O3S. The summed E-state index contributed by atoms with van der Waals surface area (Å²) in [5.74, 6) is 1.10. The Balaban J connectivity index is 1.68. The highest BCUT2D eigenvalue weighted by molar-refractivity contribution is 7.97. The van der Waals surface area contributed by atoms with E-state index in [1.54, 1.807) is 23.9 Å². The number of pyridine rings is 1. The van der Waals surface area contributed by atoms with Gasteiger partial charge in [-0.1, -0.05) is 38.1 Å². The molecule has 5 nitrogen and oxygen atoms in total. The Morgan fingerprint density at radius 2 is 1.73 bits per heavy atom. The van der Waals surface area contributed by atoms with Crippen molar-refractivity contribution < 1.29 is 18.7 Å². The number of halogens is 1. The van der Waals surface area contributed by atoms with Gasteiger partial charge in [0.1, 0.15) is 11.6 Å². The van der Waals surface area contributed by atoms with E-state index in [0.717, 1.165) is 76.8 Å². The molecule has 1 fully saturated rings. The van der Waals surface area contributed by atoms with Crippen LogP contribution in [0, 0.1) is 18.2 Å². The summed E-state index contributed by atoms with van der Waals surface area (Å²) in [4.78, 5) is 20.4. The zero-order valence-corrected chi connectivity index (χ0v) is 26.1. The van der Waals surface area contributed by atoms with Crippen molar-refractivity contribution in [2.75, 3.05) is 30.9 Å². The third-order valence-electron chi connectivity index (χ3n) is 7.67. The lowest BCUT2D eigenvalue weighted by atomic mass is 9.82. The molecule has 1 aliphatic rings. The number of anilines is 1. The van der Waals surface area contributed by atoms with Crippen LogP contribution < -0.4 is 9.64 Å². The van der Waals surface area contributed by atoms with Crippen molar-refractivity contribution in [3.8, 4) is 16.9 Å². The molecule has 0 saturated carbocycles. The number of thioether (sulfide) groups is 1. The van der Waals surface area contributed by atoms with Crippen LogP contribution in [0.5, 0.6) is 5.75 Å². The van der Waals surface area contributed by atoms with Crippen LogP contribution in [-0.4, -0.2) is 43.0 Å². The number of aromatic nitrogens is 1. The summed E-state index contributed by atoms with van der Waals surface area (Å²) in [6.07, 6.45) is 5.00. The second kappa shape index (κ2) is 13.7. The van der Waals surface area contributed by atoms with Crippen LogP contribution in [-0.2, 0) is 28.1 Å². The molecule has 0 unspecified atom stereocenters. The summed E-state index contributed by atoms with van der Waals surface area (Å²) in [7, 11) is 0. The van der Waals surface area contributed by atoms with Gasteiger partial charge in [0.2, 0.25) is 0 Å². The van der Waals surface area contributed by atoms with Crippen molar-refractivity contribution in [3.05, 3.63) is 76.9 Å². The van der Waals surface area contributed by atoms with Gasteiger partial charge in [-0.15, -0.1) is 0 Å². The Kier molecular flexibility index (Phi) is 10.3. The predicted octanol–water partition coefficient (Wildman–Crippen LogP) is 7.80. The second-order valence-corrected chi connectivity index (χ2v) is 12.8. The molecular weight excluding hydrogens is 535 g/mol. The van der Waals surface area contributed by atoms with E-state index in [-0.39, 0.29) is 24.3 Å². The highest BCUT2D eigenvalue weighted by Gasteiger charge is 2.31. The highest BCUT2D eigenvalue weighted by atomic mass is 32.2. The third-order valence-corrected chi connectivity index (χ3v) is 8.23. The molecule has 0 bridgehead atoms. The molecule has 4 rings (SSSR count). The largest absolute Gasteiger partial charge is 0.493 e. The first kappa shape index (κ1) is 30.9. The van der Waals surface area contributed by atoms with Crippen LogP contribution in [0.3, 0.4) is 0 Å². The quantitative estimate of drug-likeness (QED) is 0.216. The van der Waals surface area contributed by atoms with Gasteiger partial charge in [0.05, 0.1) is 30.5 Å². The lowest BCUT2D eigenvalue weighted by Crippen LogP contribution is -2.38. The average molecular weight is 579 g/mol. The average Bonchev–Trinajstić information content (AvgIpc) is 2.91. The van der Waals surface area contributed by atoms with E-state index in [9.17, 15) is 9.18 Å².